The highest BCUT2D eigenvalue weighted by atomic mass is 15.3. The van der Waals surface area contributed by atoms with Crippen molar-refractivity contribution in [1.82, 2.24) is 14.9 Å². The van der Waals surface area contributed by atoms with Crippen LogP contribution in [0.25, 0.3) is 0 Å². The third kappa shape index (κ3) is 4.60. The van der Waals surface area contributed by atoms with Crippen molar-refractivity contribution in [1.29, 1.82) is 5.26 Å². The summed E-state index contributed by atoms with van der Waals surface area (Å²) in [7, 11) is 0. The van der Waals surface area contributed by atoms with Crippen LogP contribution in [0, 0.1) is 11.3 Å². The van der Waals surface area contributed by atoms with E-state index in [-0.39, 0.29) is 0 Å². The zero-order chi connectivity index (χ0) is 14.9. The van der Waals surface area contributed by atoms with Crippen LogP contribution in [0.3, 0.4) is 0 Å². The molecule has 1 saturated heterocycles. The third-order valence-corrected chi connectivity index (χ3v) is 3.41. The van der Waals surface area contributed by atoms with Gasteiger partial charge in [-0.25, -0.2) is 9.97 Å². The number of aliphatic imine (C=N–C) groups is 1. The molecular formula is C14H21N7. The van der Waals surface area contributed by atoms with Crippen LogP contribution in [0.2, 0.25) is 0 Å². The van der Waals surface area contributed by atoms with E-state index in [9.17, 15) is 0 Å². The molecule has 0 radical (unpaired) electrons. The van der Waals surface area contributed by atoms with Gasteiger partial charge in [-0.15, -0.1) is 0 Å². The fraction of sp³-hybridized carbons (Fsp3) is 0.571. The molecule has 1 fully saturated rings. The van der Waals surface area contributed by atoms with Crippen LogP contribution in [-0.4, -0.2) is 53.6 Å². The molecule has 1 aliphatic rings. The molecule has 7 nitrogen and oxygen atoms in total. The van der Waals surface area contributed by atoms with Gasteiger partial charge >= 0.3 is 0 Å². The summed E-state index contributed by atoms with van der Waals surface area (Å²) in [4.78, 5) is 17.1. The number of unbranched alkanes of at least 4 members (excludes halogenated alkanes) is 2. The molecule has 0 unspecified atom stereocenters. The second kappa shape index (κ2) is 8.04. The average molecular weight is 287 g/mol. The molecular weight excluding hydrogens is 266 g/mol. The number of nitriles is 1. The van der Waals surface area contributed by atoms with Gasteiger partial charge in [0.2, 0.25) is 5.95 Å². The summed E-state index contributed by atoms with van der Waals surface area (Å²) in [6.45, 7) is 4.02. The molecule has 0 amide bonds. The summed E-state index contributed by atoms with van der Waals surface area (Å²) in [5, 5.41) is 8.46. The van der Waals surface area contributed by atoms with Crippen LogP contribution in [0.1, 0.15) is 19.3 Å². The summed E-state index contributed by atoms with van der Waals surface area (Å²) in [6.07, 6.45) is 5.89. The van der Waals surface area contributed by atoms with Crippen molar-refractivity contribution < 1.29 is 0 Å². The first-order chi connectivity index (χ1) is 10.3. The van der Waals surface area contributed by atoms with E-state index in [1.807, 2.05) is 6.07 Å². The third-order valence-electron chi connectivity index (χ3n) is 3.41. The number of nitrogens with zero attached hydrogens (tertiary/aromatic N) is 6. The Morgan fingerprint density at radius 3 is 2.62 bits per heavy atom. The molecule has 0 bridgehead atoms. The van der Waals surface area contributed by atoms with Crippen LogP contribution in [0.4, 0.5) is 5.95 Å². The number of anilines is 1. The van der Waals surface area contributed by atoms with Crippen LogP contribution in [-0.2, 0) is 0 Å². The number of guanidine groups is 1. The molecule has 0 aliphatic carbocycles. The molecule has 7 heteroatoms. The average Bonchev–Trinajstić information content (AvgIpc) is 2.55. The van der Waals surface area contributed by atoms with E-state index in [1.165, 1.54) is 0 Å². The van der Waals surface area contributed by atoms with Gasteiger partial charge in [-0.1, -0.05) is 0 Å². The van der Waals surface area contributed by atoms with Crippen molar-refractivity contribution in [2.75, 3.05) is 37.6 Å². The van der Waals surface area contributed by atoms with Gasteiger partial charge < -0.3 is 15.5 Å². The fourth-order valence-electron chi connectivity index (χ4n) is 2.20. The number of aromatic nitrogens is 2. The fourth-order valence-corrected chi connectivity index (χ4v) is 2.20. The lowest BCUT2D eigenvalue weighted by molar-refractivity contribution is 0.378. The molecule has 2 N–H and O–H groups in total. The maximum atomic E-state index is 8.46. The van der Waals surface area contributed by atoms with E-state index in [4.69, 9.17) is 11.0 Å². The minimum atomic E-state index is 0.588. The predicted molar refractivity (Wildman–Crippen MR) is 81.8 cm³/mol. The smallest absolute Gasteiger partial charge is 0.225 e. The highest BCUT2D eigenvalue weighted by molar-refractivity contribution is 5.78. The Labute approximate surface area is 125 Å². The topological polar surface area (TPSA) is 94.4 Å². The highest BCUT2D eigenvalue weighted by Crippen LogP contribution is 2.09. The standard InChI is InChI=1S/C14H21N7/c15-5-2-1-3-6-17-13(16)20-9-11-21(12-10-20)14-18-7-4-8-19-14/h4,7-8H,1-3,6,9-12H2,(H2,16,17). The zero-order valence-corrected chi connectivity index (χ0v) is 12.1. The number of hydrogen-bond donors (Lipinski definition) is 1. The predicted octanol–water partition coefficient (Wildman–Crippen LogP) is 0.607. The van der Waals surface area contributed by atoms with Gasteiger partial charge in [-0.3, -0.25) is 4.99 Å². The van der Waals surface area contributed by atoms with E-state index in [0.717, 1.165) is 45.0 Å². The van der Waals surface area contributed by atoms with Gasteiger partial charge in [0, 0.05) is 51.5 Å². The minimum absolute atomic E-state index is 0.588. The van der Waals surface area contributed by atoms with Crippen LogP contribution in [0.5, 0.6) is 0 Å². The van der Waals surface area contributed by atoms with E-state index >= 15 is 0 Å². The Hall–Kier alpha value is -2.36. The Bertz CT molecular complexity index is 486. The highest BCUT2D eigenvalue weighted by Gasteiger charge is 2.19. The molecule has 2 heterocycles. The van der Waals surface area contributed by atoms with Crippen molar-refractivity contribution in [2.24, 2.45) is 10.7 Å². The maximum Gasteiger partial charge on any atom is 0.225 e. The van der Waals surface area contributed by atoms with Crippen molar-refractivity contribution >= 4 is 11.9 Å². The lowest BCUT2D eigenvalue weighted by Crippen LogP contribution is -2.51. The maximum absolute atomic E-state index is 8.46. The van der Waals surface area contributed by atoms with Gasteiger partial charge in [0.25, 0.3) is 0 Å². The first kappa shape index (κ1) is 15.0. The number of rotatable bonds is 5. The van der Waals surface area contributed by atoms with E-state index < -0.39 is 0 Å². The van der Waals surface area contributed by atoms with Gasteiger partial charge in [0.05, 0.1) is 6.07 Å². The molecule has 1 aromatic rings. The second-order valence-electron chi connectivity index (χ2n) is 4.88. The van der Waals surface area contributed by atoms with E-state index in [0.29, 0.717) is 18.9 Å². The normalized spacial score (nSPS) is 15.9. The molecule has 1 aliphatic heterocycles. The Balaban J connectivity index is 1.75. The first-order valence-corrected chi connectivity index (χ1v) is 7.25. The van der Waals surface area contributed by atoms with Crippen LogP contribution >= 0.6 is 0 Å². The van der Waals surface area contributed by atoms with E-state index in [2.05, 4.69) is 30.8 Å². The Kier molecular flexibility index (Phi) is 5.76. The summed E-state index contributed by atoms with van der Waals surface area (Å²) < 4.78 is 0. The Morgan fingerprint density at radius 2 is 1.95 bits per heavy atom. The van der Waals surface area contributed by atoms with Crippen molar-refractivity contribution in [2.45, 2.75) is 19.3 Å². The first-order valence-electron chi connectivity index (χ1n) is 7.25. The number of piperazine rings is 1. The number of hydrogen-bond acceptors (Lipinski definition) is 5. The zero-order valence-electron chi connectivity index (χ0n) is 12.1. The van der Waals surface area contributed by atoms with Crippen molar-refractivity contribution in [3.8, 4) is 6.07 Å². The molecule has 21 heavy (non-hydrogen) atoms. The van der Waals surface area contributed by atoms with Crippen molar-refractivity contribution in [3.63, 3.8) is 0 Å². The summed E-state index contributed by atoms with van der Waals surface area (Å²) in [6, 6.07) is 3.95. The second-order valence-corrected chi connectivity index (χ2v) is 4.88. The lowest BCUT2D eigenvalue weighted by atomic mass is 10.2. The molecule has 112 valence electrons. The van der Waals surface area contributed by atoms with Crippen LogP contribution in [0.15, 0.2) is 23.5 Å². The summed E-state index contributed by atoms with van der Waals surface area (Å²) >= 11 is 0. The molecule has 1 aromatic heterocycles. The molecule has 0 aromatic carbocycles. The van der Waals surface area contributed by atoms with Gasteiger partial charge in [-0.05, 0) is 18.9 Å². The van der Waals surface area contributed by atoms with Gasteiger partial charge in [0.1, 0.15) is 0 Å². The quantitative estimate of drug-likeness (QED) is 0.484. The van der Waals surface area contributed by atoms with Gasteiger partial charge in [0.15, 0.2) is 5.96 Å². The molecule has 0 spiro atoms. The Morgan fingerprint density at radius 1 is 1.24 bits per heavy atom. The monoisotopic (exact) mass is 287 g/mol. The summed E-state index contributed by atoms with van der Waals surface area (Å²) in [5.74, 6) is 1.37. The lowest BCUT2D eigenvalue weighted by Gasteiger charge is -2.35. The van der Waals surface area contributed by atoms with Crippen LogP contribution < -0.4 is 10.6 Å². The SMILES string of the molecule is N#CCCCCN=C(N)N1CCN(c2ncccn2)CC1. The molecule has 2 rings (SSSR count). The molecule has 0 atom stereocenters. The number of nitrogens with two attached hydrogens (primary N) is 1. The minimum Gasteiger partial charge on any atom is -0.370 e. The largest absolute Gasteiger partial charge is 0.370 e. The summed E-state index contributed by atoms with van der Waals surface area (Å²) in [5.41, 5.74) is 6.01. The van der Waals surface area contributed by atoms with Crippen molar-refractivity contribution in [3.05, 3.63) is 18.5 Å². The molecule has 0 saturated carbocycles. The van der Waals surface area contributed by atoms with E-state index in [1.54, 1.807) is 12.4 Å². The van der Waals surface area contributed by atoms with Gasteiger partial charge in [-0.2, -0.15) is 5.26 Å².